The highest BCUT2D eigenvalue weighted by atomic mass is 16.5. The molecule has 3 fully saturated rings. The average Bonchev–Trinajstić information content (AvgIpc) is 3.45. The molecule has 1 saturated carbocycles. The number of hydrogen-bond acceptors (Lipinski definition) is 6. The summed E-state index contributed by atoms with van der Waals surface area (Å²) in [5.41, 5.74) is 2.92. The Labute approximate surface area is 209 Å². The van der Waals surface area contributed by atoms with Crippen molar-refractivity contribution in [2.75, 3.05) is 45.2 Å². The number of amides is 1. The smallest absolute Gasteiger partial charge is 0.257 e. The first-order valence-electron chi connectivity index (χ1n) is 13.2. The second-order valence-electron chi connectivity index (χ2n) is 10.2. The van der Waals surface area contributed by atoms with E-state index in [1.807, 2.05) is 12.1 Å². The zero-order valence-corrected chi connectivity index (χ0v) is 20.8. The maximum atomic E-state index is 13.2. The Bertz CT molecular complexity index is 975. The molecule has 188 valence electrons. The fourth-order valence-corrected chi connectivity index (χ4v) is 5.96. The topological polar surface area (TPSA) is 77.7 Å². The van der Waals surface area contributed by atoms with Crippen molar-refractivity contribution in [2.24, 2.45) is 0 Å². The zero-order chi connectivity index (χ0) is 24.1. The standard InChI is InChI=1S/C28H39N5O2/c1-35-26-9-5-4-8-25(26)27(34)32-28(20-29-16-17-30-28)31-23-12-10-21(11-13-23)22-14-18-33(19-15-22)24-6-2-3-7-24/h4-5,8-13,22,24,29-31H,2-3,6-7,14-20H2,1H3,(H,32,34)/t28-/m1/s1. The van der Waals surface area contributed by atoms with Crippen molar-refractivity contribution < 1.29 is 9.53 Å². The van der Waals surface area contributed by atoms with Gasteiger partial charge >= 0.3 is 0 Å². The van der Waals surface area contributed by atoms with E-state index in [-0.39, 0.29) is 5.91 Å². The van der Waals surface area contributed by atoms with E-state index in [4.69, 9.17) is 4.74 Å². The van der Waals surface area contributed by atoms with Crippen molar-refractivity contribution in [3.8, 4) is 5.75 Å². The average molecular weight is 478 g/mol. The van der Waals surface area contributed by atoms with Gasteiger partial charge in [-0.2, -0.15) is 0 Å². The van der Waals surface area contributed by atoms with Crippen molar-refractivity contribution in [1.82, 2.24) is 20.9 Å². The number of carbonyl (C=O) groups excluding carboxylic acids is 1. The number of likely N-dealkylation sites (tertiary alicyclic amines) is 1. The maximum Gasteiger partial charge on any atom is 0.257 e. The molecule has 1 aliphatic carbocycles. The molecule has 3 aliphatic rings. The molecule has 7 heteroatoms. The number of anilines is 1. The van der Waals surface area contributed by atoms with E-state index >= 15 is 0 Å². The molecule has 0 aromatic heterocycles. The number of benzene rings is 2. The lowest BCUT2D eigenvalue weighted by Crippen LogP contribution is -2.72. The molecule has 1 atom stereocenters. The van der Waals surface area contributed by atoms with Crippen molar-refractivity contribution >= 4 is 11.6 Å². The summed E-state index contributed by atoms with van der Waals surface area (Å²) in [5.74, 6) is 0.226. The van der Waals surface area contributed by atoms with E-state index in [2.05, 4.69) is 50.4 Å². The minimum Gasteiger partial charge on any atom is -0.496 e. The molecular formula is C28H39N5O2. The Hall–Kier alpha value is -2.61. The number of piperazine rings is 1. The van der Waals surface area contributed by atoms with Gasteiger partial charge in [-0.25, -0.2) is 0 Å². The van der Waals surface area contributed by atoms with Crippen LogP contribution < -0.4 is 26.0 Å². The molecule has 2 aromatic rings. The molecular weight excluding hydrogens is 438 g/mol. The molecule has 1 amide bonds. The summed E-state index contributed by atoms with van der Waals surface area (Å²) in [7, 11) is 1.58. The molecule has 0 radical (unpaired) electrons. The number of para-hydroxylation sites is 1. The van der Waals surface area contributed by atoms with Crippen LogP contribution in [-0.2, 0) is 0 Å². The molecule has 0 unspecified atom stereocenters. The summed E-state index contributed by atoms with van der Waals surface area (Å²) in [6, 6.07) is 16.9. The van der Waals surface area contributed by atoms with Crippen LogP contribution in [0.15, 0.2) is 48.5 Å². The molecule has 0 bridgehead atoms. The van der Waals surface area contributed by atoms with Gasteiger partial charge in [-0.1, -0.05) is 37.1 Å². The van der Waals surface area contributed by atoms with Gasteiger partial charge in [0.15, 0.2) is 5.79 Å². The Kier molecular flexibility index (Phi) is 7.56. The minimum atomic E-state index is -0.787. The van der Waals surface area contributed by atoms with Gasteiger partial charge < -0.3 is 25.6 Å². The van der Waals surface area contributed by atoms with E-state index in [1.54, 1.807) is 19.2 Å². The van der Waals surface area contributed by atoms with Crippen molar-refractivity contribution in [1.29, 1.82) is 0 Å². The second-order valence-corrected chi connectivity index (χ2v) is 10.2. The van der Waals surface area contributed by atoms with Gasteiger partial charge in [-0.05, 0) is 74.5 Å². The quantitative estimate of drug-likeness (QED) is 0.457. The number of rotatable bonds is 7. The van der Waals surface area contributed by atoms with Gasteiger partial charge in [0.2, 0.25) is 0 Å². The Morgan fingerprint density at radius 3 is 2.43 bits per heavy atom. The molecule has 7 nitrogen and oxygen atoms in total. The molecule has 35 heavy (non-hydrogen) atoms. The van der Waals surface area contributed by atoms with Gasteiger partial charge in [0, 0.05) is 24.8 Å². The molecule has 2 saturated heterocycles. The number of methoxy groups -OCH3 is 1. The van der Waals surface area contributed by atoms with E-state index in [1.165, 1.54) is 57.2 Å². The van der Waals surface area contributed by atoms with Gasteiger partial charge in [0.05, 0.1) is 19.2 Å². The van der Waals surface area contributed by atoms with Crippen LogP contribution in [0.4, 0.5) is 5.69 Å². The molecule has 5 rings (SSSR count). The number of nitrogens with one attached hydrogen (secondary N) is 4. The minimum absolute atomic E-state index is 0.184. The Morgan fingerprint density at radius 1 is 1.00 bits per heavy atom. The van der Waals surface area contributed by atoms with Crippen LogP contribution in [0.5, 0.6) is 5.75 Å². The predicted octanol–water partition coefficient (Wildman–Crippen LogP) is 3.51. The summed E-state index contributed by atoms with van der Waals surface area (Å²) in [5, 5.41) is 13.6. The first kappa shape index (κ1) is 24.1. The normalized spacial score (nSPS) is 24.3. The third-order valence-electron chi connectivity index (χ3n) is 7.91. The molecule has 2 heterocycles. The highest BCUT2D eigenvalue weighted by Crippen LogP contribution is 2.33. The third-order valence-corrected chi connectivity index (χ3v) is 7.91. The van der Waals surface area contributed by atoms with E-state index in [0.717, 1.165) is 24.8 Å². The number of piperidine rings is 1. The molecule has 0 spiro atoms. The van der Waals surface area contributed by atoms with Crippen LogP contribution in [0.3, 0.4) is 0 Å². The zero-order valence-electron chi connectivity index (χ0n) is 20.8. The Balaban J connectivity index is 1.23. The van der Waals surface area contributed by atoms with E-state index in [9.17, 15) is 4.79 Å². The lowest BCUT2D eigenvalue weighted by Gasteiger charge is -2.41. The van der Waals surface area contributed by atoms with Crippen LogP contribution in [-0.4, -0.2) is 62.5 Å². The molecule has 4 N–H and O–H groups in total. The van der Waals surface area contributed by atoms with Crippen molar-refractivity contribution in [3.63, 3.8) is 0 Å². The molecule has 2 aliphatic heterocycles. The first-order valence-corrected chi connectivity index (χ1v) is 13.2. The van der Waals surface area contributed by atoms with E-state index < -0.39 is 5.79 Å². The first-order chi connectivity index (χ1) is 17.2. The number of carbonyl (C=O) groups is 1. The van der Waals surface area contributed by atoms with Crippen LogP contribution in [0.1, 0.15) is 60.4 Å². The number of ether oxygens (including phenoxy) is 1. The van der Waals surface area contributed by atoms with Gasteiger partial charge in [0.25, 0.3) is 5.91 Å². The van der Waals surface area contributed by atoms with Crippen LogP contribution in [0, 0.1) is 0 Å². The number of nitrogens with zero attached hydrogens (tertiary/aromatic N) is 1. The lowest BCUT2D eigenvalue weighted by atomic mass is 9.88. The Morgan fingerprint density at radius 2 is 1.74 bits per heavy atom. The largest absolute Gasteiger partial charge is 0.496 e. The fraction of sp³-hybridized carbons (Fsp3) is 0.536. The van der Waals surface area contributed by atoms with Gasteiger partial charge in [-0.3, -0.25) is 10.1 Å². The summed E-state index contributed by atoms with van der Waals surface area (Å²) in [6.07, 6.45) is 8.09. The van der Waals surface area contributed by atoms with E-state index in [0.29, 0.717) is 23.8 Å². The monoisotopic (exact) mass is 477 g/mol. The summed E-state index contributed by atoms with van der Waals surface area (Å²) < 4.78 is 5.39. The van der Waals surface area contributed by atoms with Gasteiger partial charge in [-0.15, -0.1) is 0 Å². The summed E-state index contributed by atoms with van der Waals surface area (Å²) >= 11 is 0. The highest BCUT2D eigenvalue weighted by molar-refractivity contribution is 5.97. The number of hydrogen-bond donors (Lipinski definition) is 4. The highest BCUT2D eigenvalue weighted by Gasteiger charge is 2.34. The summed E-state index contributed by atoms with van der Waals surface area (Å²) in [4.78, 5) is 15.9. The SMILES string of the molecule is COc1ccccc1C(=O)N[C@]1(Nc2ccc(C3CCN(C4CCCC4)CC3)cc2)CNCCN1. The predicted molar refractivity (Wildman–Crippen MR) is 140 cm³/mol. The van der Waals surface area contributed by atoms with Crippen LogP contribution in [0.2, 0.25) is 0 Å². The second kappa shape index (κ2) is 11.0. The molecule has 2 aromatic carbocycles. The summed E-state index contributed by atoms with van der Waals surface area (Å²) in [6.45, 7) is 4.62. The van der Waals surface area contributed by atoms with Crippen molar-refractivity contribution in [2.45, 2.75) is 56.3 Å². The van der Waals surface area contributed by atoms with Gasteiger partial charge in [0.1, 0.15) is 5.75 Å². The van der Waals surface area contributed by atoms with Crippen LogP contribution in [0.25, 0.3) is 0 Å². The van der Waals surface area contributed by atoms with Crippen molar-refractivity contribution in [3.05, 3.63) is 59.7 Å². The fourth-order valence-electron chi connectivity index (χ4n) is 5.96. The maximum absolute atomic E-state index is 13.2. The third kappa shape index (κ3) is 5.63. The van der Waals surface area contributed by atoms with Crippen LogP contribution >= 0.6 is 0 Å². The lowest BCUT2D eigenvalue weighted by molar-refractivity contribution is 0.0878.